The molecule has 1 aromatic carbocycles. The molecule has 0 fully saturated rings. The Kier molecular flexibility index (Phi) is 2.37. The van der Waals surface area contributed by atoms with E-state index in [1.54, 1.807) is 18.2 Å². The van der Waals surface area contributed by atoms with Gasteiger partial charge in [-0.3, -0.25) is 0 Å². The number of hydrogen-bond acceptors (Lipinski definition) is 5. The summed E-state index contributed by atoms with van der Waals surface area (Å²) in [5.74, 6) is 0. The minimum absolute atomic E-state index is 0.148. The molecule has 2 aromatic rings. The molecular weight excluding hydrogens is 202 g/mol. The zero-order valence-corrected chi connectivity index (χ0v) is 8.08. The lowest BCUT2D eigenvalue weighted by Gasteiger charge is -2.07. The lowest BCUT2D eigenvalue weighted by molar-refractivity contribution is 0.268. The number of benzene rings is 1. The van der Waals surface area contributed by atoms with Crippen molar-refractivity contribution in [3.05, 3.63) is 33.5 Å². The van der Waals surface area contributed by atoms with E-state index in [9.17, 15) is 4.79 Å². The Morgan fingerprint density at radius 3 is 3.07 bits per heavy atom. The smallest absolute Gasteiger partial charge is 0.396 e. The first-order valence-electron chi connectivity index (χ1n) is 4.11. The summed E-state index contributed by atoms with van der Waals surface area (Å²) in [7, 11) is 0. The average Bonchev–Trinajstić information content (AvgIpc) is 2.56. The quantitative estimate of drug-likeness (QED) is 0.772. The highest BCUT2D eigenvalue weighted by molar-refractivity contribution is 7.16. The molecular formula is C9H9NO3S. The molecule has 0 bridgehead atoms. The maximum Gasteiger partial charge on any atom is 0.396 e. The van der Waals surface area contributed by atoms with Crippen LogP contribution in [0.3, 0.4) is 0 Å². The molecule has 3 N–H and O–H groups in total. The molecule has 0 aliphatic rings. The highest BCUT2D eigenvalue weighted by Gasteiger charge is 2.12. The summed E-state index contributed by atoms with van der Waals surface area (Å²) in [5.41, 5.74) is 6.96. The minimum Gasteiger partial charge on any atom is -0.414 e. The van der Waals surface area contributed by atoms with Crippen molar-refractivity contribution in [2.24, 2.45) is 5.73 Å². The summed E-state index contributed by atoms with van der Waals surface area (Å²) in [6.07, 6.45) is 0. The van der Waals surface area contributed by atoms with Crippen LogP contribution in [-0.2, 0) is 0 Å². The van der Waals surface area contributed by atoms with Crippen LogP contribution >= 0.6 is 11.3 Å². The summed E-state index contributed by atoms with van der Waals surface area (Å²) in [4.78, 5) is 10.7. The molecule has 74 valence electrons. The van der Waals surface area contributed by atoms with Gasteiger partial charge in [-0.2, -0.15) is 0 Å². The summed E-state index contributed by atoms with van der Waals surface area (Å²) < 4.78 is 5.65. The van der Waals surface area contributed by atoms with Gasteiger partial charge >= 0.3 is 4.94 Å². The zero-order chi connectivity index (χ0) is 10.1. The van der Waals surface area contributed by atoms with Crippen molar-refractivity contribution in [3.8, 4) is 0 Å². The molecule has 1 unspecified atom stereocenters. The van der Waals surface area contributed by atoms with Gasteiger partial charge < -0.3 is 15.3 Å². The van der Waals surface area contributed by atoms with E-state index in [0.29, 0.717) is 5.58 Å². The third-order valence-corrected chi connectivity index (χ3v) is 2.88. The monoisotopic (exact) mass is 211 g/mol. The van der Waals surface area contributed by atoms with E-state index in [4.69, 9.17) is 15.3 Å². The van der Waals surface area contributed by atoms with Gasteiger partial charge in [0.2, 0.25) is 0 Å². The molecule has 0 saturated heterocycles. The lowest BCUT2D eigenvalue weighted by atomic mass is 10.1. The second-order valence-corrected chi connectivity index (χ2v) is 3.86. The molecule has 5 heteroatoms. The van der Waals surface area contributed by atoms with E-state index in [1.165, 1.54) is 0 Å². The molecule has 2 rings (SSSR count). The molecule has 1 aromatic heterocycles. The first-order chi connectivity index (χ1) is 6.72. The maximum atomic E-state index is 11.0. The van der Waals surface area contributed by atoms with Gasteiger partial charge in [0, 0.05) is 0 Å². The van der Waals surface area contributed by atoms with Gasteiger partial charge in [0.25, 0.3) is 0 Å². The van der Waals surface area contributed by atoms with Crippen LogP contribution in [0.25, 0.3) is 10.3 Å². The van der Waals surface area contributed by atoms with Crippen LogP contribution in [-0.4, -0.2) is 11.7 Å². The second-order valence-electron chi connectivity index (χ2n) is 2.92. The van der Waals surface area contributed by atoms with Gasteiger partial charge in [0.1, 0.15) is 5.58 Å². The van der Waals surface area contributed by atoms with Gasteiger partial charge in [0.15, 0.2) is 0 Å². The van der Waals surface area contributed by atoms with E-state index in [1.807, 2.05) is 0 Å². The van der Waals surface area contributed by atoms with Crippen LogP contribution in [0, 0.1) is 0 Å². The number of fused-ring (bicyclic) bond motifs is 1. The molecule has 14 heavy (non-hydrogen) atoms. The van der Waals surface area contributed by atoms with Gasteiger partial charge in [-0.25, -0.2) is 4.79 Å². The van der Waals surface area contributed by atoms with Gasteiger partial charge in [-0.05, 0) is 11.6 Å². The average molecular weight is 211 g/mol. The summed E-state index contributed by atoms with van der Waals surface area (Å²) in [5, 5.41) is 8.93. The highest BCUT2D eigenvalue weighted by Crippen LogP contribution is 2.25. The Bertz CT molecular complexity index is 502. The third kappa shape index (κ3) is 1.45. The lowest BCUT2D eigenvalue weighted by Crippen LogP contribution is -2.14. The molecule has 0 spiro atoms. The summed E-state index contributed by atoms with van der Waals surface area (Å²) in [6, 6.07) is 4.78. The molecule has 1 heterocycles. The predicted octanol–water partition coefficient (Wildman–Crippen LogP) is 0.847. The molecule has 4 nitrogen and oxygen atoms in total. The van der Waals surface area contributed by atoms with E-state index in [0.717, 1.165) is 21.6 Å². The molecule has 0 radical (unpaired) electrons. The Balaban J connectivity index is 2.70. The van der Waals surface area contributed by atoms with Crippen LogP contribution in [0.4, 0.5) is 0 Å². The Morgan fingerprint density at radius 2 is 2.36 bits per heavy atom. The second kappa shape index (κ2) is 3.53. The van der Waals surface area contributed by atoms with Crippen LogP contribution in [0.1, 0.15) is 11.6 Å². The van der Waals surface area contributed by atoms with Crippen molar-refractivity contribution in [1.82, 2.24) is 0 Å². The zero-order valence-electron chi connectivity index (χ0n) is 7.27. The van der Waals surface area contributed by atoms with Crippen molar-refractivity contribution >= 4 is 21.6 Å². The number of nitrogens with two attached hydrogens (primary N) is 1. The van der Waals surface area contributed by atoms with Crippen LogP contribution in [0.15, 0.2) is 27.4 Å². The van der Waals surface area contributed by atoms with Gasteiger partial charge in [0.05, 0.1) is 17.3 Å². The highest BCUT2D eigenvalue weighted by atomic mass is 32.1. The first kappa shape index (κ1) is 9.39. The third-order valence-electron chi connectivity index (χ3n) is 1.98. The summed E-state index contributed by atoms with van der Waals surface area (Å²) >= 11 is 1.01. The minimum atomic E-state index is -0.466. The Hall–Kier alpha value is -1.17. The van der Waals surface area contributed by atoms with Gasteiger partial charge in [-0.1, -0.05) is 23.5 Å². The normalized spacial score (nSPS) is 13.3. The topological polar surface area (TPSA) is 76.5 Å². The van der Waals surface area contributed by atoms with Crippen LogP contribution in [0.2, 0.25) is 0 Å². The number of hydrogen-bond donors (Lipinski definition) is 2. The van der Waals surface area contributed by atoms with Crippen molar-refractivity contribution in [2.75, 3.05) is 6.61 Å². The SMILES string of the molecule is NC(CO)c1cccc2oc(=O)sc12. The summed E-state index contributed by atoms with van der Waals surface area (Å²) in [6.45, 7) is -0.148. The fourth-order valence-corrected chi connectivity index (χ4v) is 2.15. The molecule has 0 aliphatic carbocycles. The van der Waals surface area contributed by atoms with E-state index in [-0.39, 0.29) is 11.5 Å². The molecule has 1 atom stereocenters. The van der Waals surface area contributed by atoms with Crippen LogP contribution < -0.4 is 10.7 Å². The molecule has 0 aliphatic heterocycles. The van der Waals surface area contributed by atoms with Crippen molar-refractivity contribution in [3.63, 3.8) is 0 Å². The predicted molar refractivity (Wildman–Crippen MR) is 54.4 cm³/mol. The van der Waals surface area contributed by atoms with Gasteiger partial charge in [-0.15, -0.1) is 0 Å². The van der Waals surface area contributed by atoms with Crippen molar-refractivity contribution in [2.45, 2.75) is 6.04 Å². The number of aliphatic hydroxyl groups is 1. The first-order valence-corrected chi connectivity index (χ1v) is 4.93. The molecule has 0 saturated carbocycles. The molecule has 0 amide bonds. The maximum absolute atomic E-state index is 11.0. The Morgan fingerprint density at radius 1 is 1.57 bits per heavy atom. The Labute approximate surface area is 83.6 Å². The van der Waals surface area contributed by atoms with E-state index in [2.05, 4.69) is 0 Å². The van der Waals surface area contributed by atoms with Crippen molar-refractivity contribution < 1.29 is 9.52 Å². The van der Waals surface area contributed by atoms with Crippen molar-refractivity contribution in [1.29, 1.82) is 0 Å². The largest absolute Gasteiger partial charge is 0.414 e. The standard InChI is InChI=1S/C9H9NO3S/c10-6(4-11)5-2-1-3-7-8(5)14-9(12)13-7/h1-3,6,11H,4,10H2. The van der Waals surface area contributed by atoms with E-state index >= 15 is 0 Å². The van der Waals surface area contributed by atoms with Crippen LogP contribution in [0.5, 0.6) is 0 Å². The fourth-order valence-electron chi connectivity index (χ4n) is 1.31. The fraction of sp³-hybridized carbons (Fsp3) is 0.222. The number of aliphatic hydroxyl groups excluding tert-OH is 1. The van der Waals surface area contributed by atoms with E-state index < -0.39 is 6.04 Å². The number of rotatable bonds is 2.